The van der Waals surface area contributed by atoms with Crippen LogP contribution in [0.5, 0.6) is 0 Å². The van der Waals surface area contributed by atoms with Crippen LogP contribution < -0.4 is 5.32 Å². The van der Waals surface area contributed by atoms with Crippen molar-refractivity contribution in [2.45, 2.75) is 225 Å². The number of phosphoric ester groups is 1. The molecular weight excluding hydrogens is 701 g/mol. The Labute approximate surface area is 332 Å². The molecule has 0 saturated carbocycles. The van der Waals surface area contributed by atoms with E-state index in [0.717, 1.165) is 38.5 Å². The van der Waals surface area contributed by atoms with Gasteiger partial charge >= 0.3 is 19.8 Å². The molecule has 0 heterocycles. The molecule has 0 aliphatic heterocycles. The number of carbonyl (C=O) groups is 2. The third-order valence-electron chi connectivity index (χ3n) is 9.89. The number of rotatable bonds is 43. The monoisotopic (exact) mass is 788 g/mol. The van der Waals surface area contributed by atoms with Gasteiger partial charge < -0.3 is 19.7 Å². The van der Waals surface area contributed by atoms with E-state index in [-0.39, 0.29) is 25.6 Å². The minimum absolute atomic E-state index is 0.0140. The molecule has 0 aromatic carbocycles. The molecule has 320 valence electrons. The van der Waals surface area contributed by atoms with Gasteiger partial charge in [0.1, 0.15) is 6.61 Å². The maximum atomic E-state index is 12.6. The zero-order chi connectivity index (χ0) is 39.6. The maximum Gasteiger partial charge on any atom is 0.472 e. The van der Waals surface area contributed by atoms with Crippen molar-refractivity contribution < 1.29 is 37.6 Å². The van der Waals surface area contributed by atoms with E-state index in [1.807, 2.05) is 0 Å². The van der Waals surface area contributed by atoms with Crippen LogP contribution in [0, 0.1) is 0 Å². The number of phosphoric acid groups is 1. The Morgan fingerprint density at radius 2 is 0.944 bits per heavy atom. The summed E-state index contributed by atoms with van der Waals surface area (Å²) in [5, 5.41) is 2.83. The summed E-state index contributed by atoms with van der Waals surface area (Å²) in [4.78, 5) is 35.1. The molecule has 2 unspecified atom stereocenters. The molecule has 0 radical (unpaired) electrons. The van der Waals surface area contributed by atoms with Crippen molar-refractivity contribution in [2.24, 2.45) is 0 Å². The summed E-state index contributed by atoms with van der Waals surface area (Å²) >= 11 is 0. The second-order valence-electron chi connectivity index (χ2n) is 15.2. The predicted octanol–water partition coefficient (Wildman–Crippen LogP) is 12.9. The normalized spacial score (nSPS) is 13.3. The Morgan fingerprint density at radius 1 is 0.556 bits per heavy atom. The van der Waals surface area contributed by atoms with Crippen molar-refractivity contribution in [3.8, 4) is 0 Å². The third kappa shape index (κ3) is 40.4. The first-order valence-electron chi connectivity index (χ1n) is 22.6. The lowest BCUT2D eigenvalue weighted by atomic mass is 10.0. The molecule has 0 fully saturated rings. The van der Waals surface area contributed by atoms with Crippen LogP contribution in [-0.4, -0.2) is 56.3 Å². The van der Waals surface area contributed by atoms with E-state index in [9.17, 15) is 19.0 Å². The number of likely N-dealkylation sites (N-methyl/N-ethyl adjacent to an activating group) is 1. The molecule has 0 spiro atoms. The predicted molar refractivity (Wildman–Crippen MR) is 225 cm³/mol. The Kier molecular flexibility index (Phi) is 40.4. The van der Waals surface area contributed by atoms with Gasteiger partial charge in [-0.3, -0.25) is 18.6 Å². The quantitative estimate of drug-likeness (QED) is 0.0269. The van der Waals surface area contributed by atoms with Crippen LogP contribution in [0.3, 0.4) is 0 Å². The van der Waals surface area contributed by atoms with Gasteiger partial charge in [0.2, 0.25) is 0 Å². The summed E-state index contributed by atoms with van der Waals surface area (Å²) in [6, 6.07) is 0. The van der Waals surface area contributed by atoms with E-state index in [2.05, 4.69) is 31.3 Å². The molecule has 2 N–H and O–H groups in total. The number of unbranched alkanes of at least 4 members (excludes halogenated alkanes) is 27. The van der Waals surface area contributed by atoms with E-state index in [0.29, 0.717) is 19.4 Å². The smallest absolute Gasteiger partial charge is 0.462 e. The molecule has 54 heavy (non-hydrogen) atoms. The molecule has 0 saturated heterocycles. The molecule has 0 rings (SSSR count). The number of allylic oxidation sites excluding steroid dienone is 2. The summed E-state index contributed by atoms with van der Waals surface area (Å²) in [7, 11) is -2.64. The van der Waals surface area contributed by atoms with Gasteiger partial charge in [0.25, 0.3) is 0 Å². The lowest BCUT2D eigenvalue weighted by Crippen LogP contribution is -2.29. The number of nitrogens with one attached hydrogen (secondary N) is 1. The van der Waals surface area contributed by atoms with E-state index in [1.54, 1.807) is 7.05 Å². The fourth-order valence-electron chi connectivity index (χ4n) is 6.43. The Balaban J connectivity index is 4.15. The largest absolute Gasteiger partial charge is 0.472 e. The summed E-state index contributed by atoms with van der Waals surface area (Å²) in [5.41, 5.74) is 0. The molecule has 2 atom stereocenters. The molecular formula is C44H86NO8P. The SMILES string of the molecule is CCCCCCCC/C=C\CCCCCCCCCCCC(=O)OC(COC(=O)CCCCCCCCCCCCCCC)COP(=O)(O)OCCNC. The van der Waals surface area contributed by atoms with Crippen LogP contribution >= 0.6 is 7.82 Å². The average Bonchev–Trinajstić information content (AvgIpc) is 3.15. The van der Waals surface area contributed by atoms with Crippen molar-refractivity contribution in [1.29, 1.82) is 0 Å². The molecule has 0 aromatic rings. The van der Waals surface area contributed by atoms with E-state index in [1.165, 1.54) is 148 Å². The first-order chi connectivity index (χ1) is 26.3. The summed E-state index contributed by atoms with van der Waals surface area (Å²) in [6.45, 7) is 4.25. The van der Waals surface area contributed by atoms with Gasteiger partial charge in [0.15, 0.2) is 6.10 Å². The van der Waals surface area contributed by atoms with E-state index < -0.39 is 26.5 Å². The van der Waals surface area contributed by atoms with Crippen molar-refractivity contribution in [1.82, 2.24) is 5.32 Å². The summed E-state index contributed by atoms with van der Waals surface area (Å²) < 4.78 is 33.2. The number of hydrogen-bond acceptors (Lipinski definition) is 8. The Hall–Kier alpha value is -1.25. The van der Waals surface area contributed by atoms with E-state index >= 15 is 0 Å². The van der Waals surface area contributed by atoms with Crippen LogP contribution in [-0.2, 0) is 32.7 Å². The molecule has 0 bridgehead atoms. The first-order valence-corrected chi connectivity index (χ1v) is 24.1. The van der Waals surface area contributed by atoms with Gasteiger partial charge in [-0.1, -0.05) is 180 Å². The van der Waals surface area contributed by atoms with Crippen molar-refractivity contribution >= 4 is 19.8 Å². The Bertz CT molecular complexity index is 902. The molecule has 0 aliphatic carbocycles. The molecule has 10 heteroatoms. The average molecular weight is 788 g/mol. The topological polar surface area (TPSA) is 120 Å². The molecule has 0 aromatic heterocycles. The van der Waals surface area contributed by atoms with Crippen LogP contribution in [0.4, 0.5) is 0 Å². The van der Waals surface area contributed by atoms with Gasteiger partial charge in [-0.05, 0) is 45.6 Å². The van der Waals surface area contributed by atoms with E-state index in [4.69, 9.17) is 18.5 Å². The maximum absolute atomic E-state index is 12.6. The highest BCUT2D eigenvalue weighted by Gasteiger charge is 2.26. The molecule has 0 amide bonds. The number of hydrogen-bond donors (Lipinski definition) is 2. The molecule has 0 aliphatic rings. The minimum Gasteiger partial charge on any atom is -0.462 e. The summed E-state index contributed by atoms with van der Waals surface area (Å²) in [5.74, 6) is -0.798. The fraction of sp³-hybridized carbons (Fsp3) is 0.909. The number of carbonyl (C=O) groups excluding carboxylic acids is 2. The zero-order valence-corrected chi connectivity index (χ0v) is 36.3. The van der Waals surface area contributed by atoms with Crippen LogP contribution in [0.1, 0.15) is 219 Å². The second-order valence-corrected chi connectivity index (χ2v) is 16.7. The highest BCUT2D eigenvalue weighted by molar-refractivity contribution is 7.47. The minimum atomic E-state index is -4.34. The lowest BCUT2D eigenvalue weighted by Gasteiger charge is -2.20. The van der Waals surface area contributed by atoms with Crippen molar-refractivity contribution in [3.63, 3.8) is 0 Å². The standard InChI is InChI=1S/C44H86NO8P/c1-4-6-8-10-12-14-16-18-19-20-21-22-23-25-27-29-31-33-35-37-44(47)53-42(41-52-54(48,49)51-39-38-45-3)40-50-43(46)36-34-32-30-28-26-24-17-15-13-11-9-7-5-2/h18-19,42,45H,4-17,20-41H2,1-3H3,(H,48,49)/b19-18-. The highest BCUT2D eigenvalue weighted by atomic mass is 31.2. The van der Waals surface area contributed by atoms with Crippen LogP contribution in [0.15, 0.2) is 12.2 Å². The van der Waals surface area contributed by atoms with Gasteiger partial charge in [0, 0.05) is 19.4 Å². The second kappa shape index (κ2) is 41.4. The fourth-order valence-corrected chi connectivity index (χ4v) is 7.18. The van der Waals surface area contributed by atoms with Gasteiger partial charge in [-0.25, -0.2) is 4.57 Å². The highest BCUT2D eigenvalue weighted by Crippen LogP contribution is 2.43. The van der Waals surface area contributed by atoms with Crippen molar-refractivity contribution in [3.05, 3.63) is 12.2 Å². The van der Waals surface area contributed by atoms with Crippen molar-refractivity contribution in [2.75, 3.05) is 33.4 Å². The number of esters is 2. The van der Waals surface area contributed by atoms with Gasteiger partial charge in [0.05, 0.1) is 13.2 Å². The lowest BCUT2D eigenvalue weighted by molar-refractivity contribution is -0.161. The third-order valence-corrected chi connectivity index (χ3v) is 10.9. The van der Waals surface area contributed by atoms with Gasteiger partial charge in [-0.2, -0.15) is 0 Å². The Morgan fingerprint density at radius 3 is 1.37 bits per heavy atom. The summed E-state index contributed by atoms with van der Waals surface area (Å²) in [6.07, 6.45) is 41.1. The van der Waals surface area contributed by atoms with Crippen LogP contribution in [0.2, 0.25) is 0 Å². The number of ether oxygens (including phenoxy) is 2. The van der Waals surface area contributed by atoms with Gasteiger partial charge in [-0.15, -0.1) is 0 Å². The van der Waals surface area contributed by atoms with Crippen LogP contribution in [0.25, 0.3) is 0 Å². The zero-order valence-electron chi connectivity index (χ0n) is 35.4. The first kappa shape index (κ1) is 52.8. The molecule has 9 nitrogen and oxygen atoms in total.